The summed E-state index contributed by atoms with van der Waals surface area (Å²) in [6, 6.07) is 3.48. The van der Waals surface area contributed by atoms with Crippen LogP contribution in [0.1, 0.15) is 49.9 Å². The summed E-state index contributed by atoms with van der Waals surface area (Å²) in [6.07, 6.45) is 4.40. The van der Waals surface area contributed by atoms with Crippen LogP contribution in [0, 0.1) is 17.0 Å². The summed E-state index contributed by atoms with van der Waals surface area (Å²) in [5.74, 6) is -1.73. The summed E-state index contributed by atoms with van der Waals surface area (Å²) in [6.45, 7) is 4.71. The van der Waals surface area contributed by atoms with Gasteiger partial charge in [-0.3, -0.25) is 9.69 Å². The molecule has 0 radical (unpaired) electrons. The fourth-order valence-electron chi connectivity index (χ4n) is 2.98. The Labute approximate surface area is 125 Å². The van der Waals surface area contributed by atoms with Gasteiger partial charge in [0, 0.05) is 12.1 Å². The van der Waals surface area contributed by atoms with Crippen molar-refractivity contribution < 1.29 is 13.6 Å². The van der Waals surface area contributed by atoms with Gasteiger partial charge in [-0.2, -0.15) is 0 Å². The molecule has 1 aromatic carbocycles. The quantitative estimate of drug-likeness (QED) is 0.781. The van der Waals surface area contributed by atoms with E-state index in [1.54, 1.807) is 0 Å². The van der Waals surface area contributed by atoms with Gasteiger partial charge >= 0.3 is 0 Å². The smallest absolute Gasteiger partial charge is 0.179 e. The van der Waals surface area contributed by atoms with Crippen molar-refractivity contribution in [2.75, 3.05) is 13.6 Å². The van der Waals surface area contributed by atoms with Crippen LogP contribution in [-0.4, -0.2) is 30.3 Å². The van der Waals surface area contributed by atoms with Crippen LogP contribution in [0.2, 0.25) is 0 Å². The van der Waals surface area contributed by atoms with Gasteiger partial charge in [-0.25, -0.2) is 8.78 Å². The normalized spacial score (nSPS) is 19.0. The van der Waals surface area contributed by atoms with Crippen molar-refractivity contribution in [3.05, 3.63) is 35.4 Å². The molecule has 0 aliphatic heterocycles. The van der Waals surface area contributed by atoms with Gasteiger partial charge in [0.15, 0.2) is 5.78 Å². The molecule has 0 N–H and O–H groups in total. The zero-order valence-electron chi connectivity index (χ0n) is 13.0. The third-order valence-corrected chi connectivity index (χ3v) is 4.56. The average molecular weight is 295 g/mol. The van der Waals surface area contributed by atoms with Gasteiger partial charge in [-0.15, -0.1) is 0 Å². The lowest BCUT2D eigenvalue weighted by molar-refractivity contribution is 0.0848. The number of hydrogen-bond donors (Lipinski definition) is 0. The van der Waals surface area contributed by atoms with Crippen molar-refractivity contribution in [1.82, 2.24) is 4.90 Å². The Morgan fingerprint density at radius 1 is 1.29 bits per heavy atom. The molecular formula is C17H23F2NO. The summed E-state index contributed by atoms with van der Waals surface area (Å²) in [4.78, 5) is 14.2. The summed E-state index contributed by atoms with van der Waals surface area (Å²) in [7, 11) is 1.91. The van der Waals surface area contributed by atoms with Gasteiger partial charge in [-0.1, -0.05) is 13.8 Å². The van der Waals surface area contributed by atoms with Gasteiger partial charge in [0.2, 0.25) is 0 Å². The first-order chi connectivity index (χ1) is 9.78. The highest BCUT2D eigenvalue weighted by Crippen LogP contribution is 2.36. The Morgan fingerprint density at radius 2 is 1.90 bits per heavy atom. The lowest BCUT2D eigenvalue weighted by Crippen LogP contribution is -2.40. The molecule has 1 aliphatic carbocycles. The fourth-order valence-corrected chi connectivity index (χ4v) is 2.98. The first-order valence-corrected chi connectivity index (χ1v) is 7.47. The molecule has 0 bridgehead atoms. The highest BCUT2D eigenvalue weighted by Gasteiger charge is 2.29. The summed E-state index contributed by atoms with van der Waals surface area (Å²) in [5, 5.41) is 0. The minimum Gasteiger partial charge on any atom is -0.296 e. The number of ketones is 1. The van der Waals surface area contributed by atoms with Crippen LogP contribution in [0.3, 0.4) is 0 Å². The number of hydrogen-bond acceptors (Lipinski definition) is 2. The molecule has 1 fully saturated rings. The number of nitrogens with zero attached hydrogens (tertiary/aromatic N) is 1. The molecule has 2 rings (SSSR count). The average Bonchev–Trinajstić information content (AvgIpc) is 2.38. The summed E-state index contributed by atoms with van der Waals surface area (Å²) < 4.78 is 26.5. The molecule has 4 heteroatoms. The van der Waals surface area contributed by atoms with E-state index in [0.29, 0.717) is 11.5 Å². The monoisotopic (exact) mass is 295 g/mol. The van der Waals surface area contributed by atoms with Crippen molar-refractivity contribution in [3.8, 4) is 0 Å². The predicted octanol–water partition coefficient (Wildman–Crippen LogP) is 4.05. The second-order valence-electron chi connectivity index (χ2n) is 6.86. The number of carbonyl (C=O) groups excluding carboxylic acids is 1. The lowest BCUT2D eigenvalue weighted by atomic mass is 9.75. The molecule has 116 valence electrons. The number of likely N-dealkylation sites (N-methyl/N-ethyl adjacent to an activating group) is 1. The minimum absolute atomic E-state index is 0.0283. The van der Waals surface area contributed by atoms with Gasteiger partial charge < -0.3 is 0 Å². The van der Waals surface area contributed by atoms with Crippen LogP contribution in [-0.2, 0) is 0 Å². The molecular weight excluding hydrogens is 272 g/mol. The zero-order chi connectivity index (χ0) is 15.6. The Hall–Kier alpha value is -1.29. The Kier molecular flexibility index (Phi) is 4.77. The molecule has 2 nitrogen and oxygen atoms in total. The molecule has 0 atom stereocenters. The summed E-state index contributed by atoms with van der Waals surface area (Å²) in [5.41, 5.74) is 0.351. The molecule has 0 saturated heterocycles. The van der Waals surface area contributed by atoms with E-state index in [1.807, 2.05) is 11.9 Å². The first kappa shape index (κ1) is 16.1. The highest BCUT2D eigenvalue weighted by molar-refractivity contribution is 5.97. The van der Waals surface area contributed by atoms with Crippen molar-refractivity contribution in [2.24, 2.45) is 5.41 Å². The predicted molar refractivity (Wildman–Crippen MR) is 79.4 cm³/mol. The van der Waals surface area contributed by atoms with Gasteiger partial charge in [-0.05, 0) is 50.3 Å². The maximum absolute atomic E-state index is 13.6. The maximum atomic E-state index is 13.6. The van der Waals surface area contributed by atoms with Gasteiger partial charge in [0.1, 0.15) is 11.6 Å². The van der Waals surface area contributed by atoms with Crippen LogP contribution in [0.15, 0.2) is 18.2 Å². The highest BCUT2D eigenvalue weighted by atomic mass is 19.1. The van der Waals surface area contributed by atoms with E-state index in [2.05, 4.69) is 13.8 Å². The maximum Gasteiger partial charge on any atom is 0.179 e. The number of carbonyl (C=O) groups is 1. The van der Waals surface area contributed by atoms with Crippen LogP contribution < -0.4 is 0 Å². The Morgan fingerprint density at radius 3 is 2.48 bits per heavy atom. The number of benzene rings is 1. The third kappa shape index (κ3) is 4.10. The summed E-state index contributed by atoms with van der Waals surface area (Å²) >= 11 is 0. The largest absolute Gasteiger partial charge is 0.296 e. The zero-order valence-corrected chi connectivity index (χ0v) is 13.0. The van der Waals surface area contributed by atoms with Crippen LogP contribution >= 0.6 is 0 Å². The van der Waals surface area contributed by atoms with Crippen LogP contribution in [0.5, 0.6) is 0 Å². The number of halogens is 2. The van der Waals surface area contributed by atoms with E-state index in [-0.39, 0.29) is 17.9 Å². The van der Waals surface area contributed by atoms with E-state index in [4.69, 9.17) is 0 Å². The second kappa shape index (κ2) is 6.22. The molecule has 0 unspecified atom stereocenters. The molecule has 0 aromatic heterocycles. The lowest BCUT2D eigenvalue weighted by Gasteiger charge is -2.38. The van der Waals surface area contributed by atoms with E-state index >= 15 is 0 Å². The van der Waals surface area contributed by atoms with Crippen molar-refractivity contribution in [1.29, 1.82) is 0 Å². The minimum atomic E-state index is -0.779. The van der Waals surface area contributed by atoms with E-state index in [0.717, 1.165) is 37.8 Å². The standard InChI is InChI=1S/C17H23F2NO/c1-17(2)8-6-13(7-9-17)20(3)11-16(21)14-5-4-12(18)10-15(14)19/h4-5,10,13H,6-9,11H2,1-3H3. The van der Waals surface area contributed by atoms with Crippen molar-refractivity contribution in [2.45, 2.75) is 45.6 Å². The van der Waals surface area contributed by atoms with Crippen molar-refractivity contribution >= 4 is 5.78 Å². The molecule has 1 aliphatic rings. The molecule has 21 heavy (non-hydrogen) atoms. The molecule has 1 saturated carbocycles. The first-order valence-electron chi connectivity index (χ1n) is 7.47. The van der Waals surface area contributed by atoms with Crippen LogP contribution in [0.4, 0.5) is 8.78 Å². The second-order valence-corrected chi connectivity index (χ2v) is 6.86. The SMILES string of the molecule is CN(CC(=O)c1ccc(F)cc1F)C1CCC(C)(C)CC1. The van der Waals surface area contributed by atoms with E-state index in [1.165, 1.54) is 6.07 Å². The van der Waals surface area contributed by atoms with Gasteiger partial charge in [0.05, 0.1) is 12.1 Å². The molecule has 0 heterocycles. The molecule has 0 spiro atoms. The van der Waals surface area contributed by atoms with Gasteiger partial charge in [0.25, 0.3) is 0 Å². The van der Waals surface area contributed by atoms with E-state index < -0.39 is 11.6 Å². The third-order valence-electron chi connectivity index (χ3n) is 4.56. The topological polar surface area (TPSA) is 20.3 Å². The fraction of sp³-hybridized carbons (Fsp3) is 0.588. The Balaban J connectivity index is 1.96. The molecule has 1 aromatic rings. The number of Topliss-reactive ketones (excluding diaryl/α,β-unsaturated/α-hetero) is 1. The van der Waals surface area contributed by atoms with Crippen LogP contribution in [0.25, 0.3) is 0 Å². The Bertz CT molecular complexity index is 518. The van der Waals surface area contributed by atoms with Crippen molar-refractivity contribution in [3.63, 3.8) is 0 Å². The molecule has 0 amide bonds. The van der Waals surface area contributed by atoms with E-state index in [9.17, 15) is 13.6 Å². The number of rotatable bonds is 4.